The molecule has 0 heterocycles. The number of rotatable bonds is 8. The van der Waals surface area contributed by atoms with E-state index in [-0.39, 0.29) is 39.4 Å². The average Bonchev–Trinajstić information content (AvgIpc) is 2.71. The first kappa shape index (κ1) is 26.8. The van der Waals surface area contributed by atoms with E-state index in [0.29, 0.717) is 11.6 Å². The summed E-state index contributed by atoms with van der Waals surface area (Å²) in [7, 11) is -13.1. The number of fused-ring (bicyclic) bond motifs is 1. The highest BCUT2D eigenvalue weighted by molar-refractivity contribution is 7.90. The molecule has 0 fully saturated rings. The third kappa shape index (κ3) is 6.48. The molecule has 15 heteroatoms. The Labute approximate surface area is 205 Å². The maximum absolute atomic E-state index is 12.9. The summed E-state index contributed by atoms with van der Waals surface area (Å²) in [6.45, 7) is 0. The highest BCUT2D eigenvalue weighted by Gasteiger charge is 2.21. The van der Waals surface area contributed by atoms with Gasteiger partial charge in [0, 0.05) is 22.9 Å². The first-order valence-electron chi connectivity index (χ1n) is 9.53. The molecule has 0 saturated carbocycles. The van der Waals surface area contributed by atoms with Gasteiger partial charge in [-0.3, -0.25) is 13.9 Å². The number of carbonyl (C=O) groups excluding carboxylic acids is 1. The molecule has 11 nitrogen and oxygen atoms in total. The van der Waals surface area contributed by atoms with Gasteiger partial charge in [-0.2, -0.15) is 16.8 Å². The van der Waals surface area contributed by atoms with Crippen LogP contribution in [0.5, 0.6) is 5.75 Å². The molecule has 4 N–H and O–H groups in total. The van der Waals surface area contributed by atoms with Gasteiger partial charge in [-0.05, 0) is 41.3 Å². The fourth-order valence-electron chi connectivity index (χ4n) is 3.28. The van der Waals surface area contributed by atoms with Crippen LogP contribution in [0.15, 0.2) is 58.3 Å². The molecule has 188 valence electrons. The number of aromatic hydroxyl groups is 1. The zero-order valence-corrected chi connectivity index (χ0v) is 20.7. The molecule has 0 aliphatic heterocycles. The molecule has 0 atom stereocenters. The molecule has 0 spiro atoms. The summed E-state index contributed by atoms with van der Waals surface area (Å²) in [4.78, 5) is 11.4. The number of benzene rings is 3. The van der Waals surface area contributed by atoms with Crippen LogP contribution in [0.3, 0.4) is 0 Å². The second kappa shape index (κ2) is 9.72. The molecule has 0 aliphatic carbocycles. The van der Waals surface area contributed by atoms with Crippen molar-refractivity contribution in [2.45, 2.75) is 15.5 Å². The van der Waals surface area contributed by atoms with E-state index in [1.807, 2.05) is 0 Å². The molecule has 0 unspecified atom stereocenters. The van der Waals surface area contributed by atoms with Gasteiger partial charge in [0.2, 0.25) is 0 Å². The molecule has 0 aromatic heterocycles. The van der Waals surface area contributed by atoms with E-state index in [2.05, 4.69) is 5.32 Å². The highest BCUT2D eigenvalue weighted by Crippen LogP contribution is 2.37. The Morgan fingerprint density at radius 3 is 2.06 bits per heavy atom. The molecule has 35 heavy (non-hydrogen) atoms. The van der Waals surface area contributed by atoms with E-state index in [1.54, 1.807) is 0 Å². The van der Waals surface area contributed by atoms with Gasteiger partial charge in [0.05, 0.1) is 27.0 Å². The Kier molecular flexibility index (Phi) is 7.45. The van der Waals surface area contributed by atoms with Crippen LogP contribution in [0.4, 0.5) is 5.69 Å². The van der Waals surface area contributed by atoms with Crippen molar-refractivity contribution in [1.82, 2.24) is 0 Å². The Hall–Kier alpha value is -2.75. The van der Waals surface area contributed by atoms with Crippen molar-refractivity contribution in [3.63, 3.8) is 0 Å². The van der Waals surface area contributed by atoms with Crippen LogP contribution in [0, 0.1) is 0 Å². The smallest absolute Gasteiger partial charge is 0.294 e. The highest BCUT2D eigenvalue weighted by atomic mass is 35.5. The maximum Gasteiger partial charge on any atom is 0.294 e. The van der Waals surface area contributed by atoms with Gasteiger partial charge < -0.3 is 10.4 Å². The van der Waals surface area contributed by atoms with Gasteiger partial charge in [0.15, 0.2) is 9.84 Å². The monoisotopic (exact) mass is 563 g/mol. The van der Waals surface area contributed by atoms with Gasteiger partial charge in [0.1, 0.15) is 5.75 Å². The summed E-state index contributed by atoms with van der Waals surface area (Å²) in [6, 6.07) is 8.81. The second-order valence-corrected chi connectivity index (χ2v) is 12.8. The van der Waals surface area contributed by atoms with Gasteiger partial charge in [-0.15, -0.1) is 11.6 Å². The number of hydrogen-bond donors (Lipinski definition) is 4. The van der Waals surface area contributed by atoms with Gasteiger partial charge >= 0.3 is 0 Å². The molecule has 3 aromatic carbocycles. The number of anilines is 1. The fourth-order valence-corrected chi connectivity index (χ4v) is 6.13. The molecule has 3 aromatic rings. The third-order valence-electron chi connectivity index (χ3n) is 4.78. The number of carbonyl (C=O) groups is 1. The van der Waals surface area contributed by atoms with Crippen LogP contribution in [-0.4, -0.2) is 57.0 Å². The minimum Gasteiger partial charge on any atom is -0.507 e. The van der Waals surface area contributed by atoms with E-state index >= 15 is 0 Å². The van der Waals surface area contributed by atoms with Crippen LogP contribution in [0.2, 0.25) is 0 Å². The number of phenols is 1. The van der Waals surface area contributed by atoms with E-state index in [0.717, 1.165) is 18.2 Å². The minimum absolute atomic E-state index is 0.0111. The quantitative estimate of drug-likeness (QED) is 0.233. The second-order valence-electron chi connectivity index (χ2n) is 7.40. The Balaban J connectivity index is 2.10. The van der Waals surface area contributed by atoms with Gasteiger partial charge in [-0.1, -0.05) is 12.1 Å². The third-order valence-corrected chi connectivity index (χ3v) is 8.46. The van der Waals surface area contributed by atoms with Gasteiger partial charge in [0.25, 0.3) is 26.1 Å². The molecule has 0 aliphatic rings. The average molecular weight is 564 g/mol. The minimum atomic E-state index is -4.83. The predicted octanol–water partition coefficient (Wildman–Crippen LogP) is 2.44. The molecular formula is C20H18ClNO10S3. The van der Waals surface area contributed by atoms with Crippen molar-refractivity contribution < 1.29 is 44.3 Å². The zero-order chi connectivity index (χ0) is 26.2. The summed E-state index contributed by atoms with van der Waals surface area (Å²) in [5.41, 5.74) is -0.0253. The topological polar surface area (TPSA) is 192 Å². The predicted molar refractivity (Wildman–Crippen MR) is 128 cm³/mol. The lowest BCUT2D eigenvalue weighted by Gasteiger charge is -2.13. The number of alkyl halides is 1. The molecule has 1 amide bonds. The van der Waals surface area contributed by atoms with Crippen molar-refractivity contribution >= 4 is 64.0 Å². The normalized spacial score (nSPS) is 12.5. The largest absolute Gasteiger partial charge is 0.507 e. The number of phenolic OH excluding ortho intramolecular Hbond substituents is 1. The number of amides is 1. The van der Waals surface area contributed by atoms with Crippen molar-refractivity contribution in [2.75, 3.05) is 16.9 Å². The Bertz CT molecular complexity index is 1640. The lowest BCUT2D eigenvalue weighted by Crippen LogP contribution is -2.14. The number of halogens is 1. The summed E-state index contributed by atoms with van der Waals surface area (Å²) >= 11 is 5.49. The van der Waals surface area contributed by atoms with E-state index < -0.39 is 51.5 Å². The molecule has 0 bridgehead atoms. The molecular weight excluding hydrogens is 546 g/mol. The van der Waals surface area contributed by atoms with Gasteiger partial charge in [-0.25, -0.2) is 8.42 Å². The lowest BCUT2D eigenvalue weighted by molar-refractivity contribution is 0.102. The number of sulfone groups is 1. The first-order chi connectivity index (χ1) is 16.1. The van der Waals surface area contributed by atoms with E-state index in [1.165, 1.54) is 24.3 Å². The SMILES string of the molecule is O=C(Nc1cc(S(=O)(=O)O)cc2cc(S(=O)(=O)O)cc(O)c12)c1cccc(CS(=O)(=O)CCCl)c1. The maximum atomic E-state index is 12.9. The summed E-state index contributed by atoms with van der Waals surface area (Å²) < 4.78 is 89.2. The zero-order valence-electron chi connectivity index (χ0n) is 17.5. The van der Waals surface area contributed by atoms with Crippen LogP contribution in [0.1, 0.15) is 15.9 Å². The molecule has 0 saturated heterocycles. The van der Waals surface area contributed by atoms with E-state index in [4.69, 9.17) is 11.6 Å². The Morgan fingerprint density at radius 1 is 0.886 bits per heavy atom. The Morgan fingerprint density at radius 2 is 1.49 bits per heavy atom. The first-order valence-corrected chi connectivity index (χ1v) is 14.8. The fraction of sp³-hybridized carbons (Fsp3) is 0.150. The molecule has 0 radical (unpaired) electrons. The van der Waals surface area contributed by atoms with Crippen LogP contribution in [0.25, 0.3) is 10.8 Å². The number of hydrogen-bond acceptors (Lipinski definition) is 8. The molecule has 3 rings (SSSR count). The number of nitrogens with one attached hydrogen (secondary N) is 1. The van der Waals surface area contributed by atoms with E-state index in [9.17, 15) is 44.3 Å². The summed E-state index contributed by atoms with van der Waals surface area (Å²) in [5, 5.41) is 12.3. The van der Waals surface area contributed by atoms with Crippen molar-refractivity contribution in [3.05, 3.63) is 59.7 Å². The lowest BCUT2D eigenvalue weighted by atomic mass is 10.1. The van der Waals surface area contributed by atoms with Crippen molar-refractivity contribution in [1.29, 1.82) is 0 Å². The van der Waals surface area contributed by atoms with Crippen molar-refractivity contribution in [2.24, 2.45) is 0 Å². The standard InChI is InChI=1S/C20H18ClNO10S3/c21-4-5-33(25,26)11-12-2-1-3-13(6-12)20(24)22-17-9-15(34(27,28)29)7-14-8-16(35(30,31)32)10-18(23)19(14)17/h1-3,6-10,23H,4-5,11H2,(H,22,24)(H,27,28,29)(H,30,31,32). The summed E-state index contributed by atoms with van der Waals surface area (Å²) in [6.07, 6.45) is 0. The van der Waals surface area contributed by atoms with Crippen molar-refractivity contribution in [3.8, 4) is 5.75 Å². The van der Waals surface area contributed by atoms with Crippen LogP contribution >= 0.6 is 11.6 Å². The summed E-state index contributed by atoms with van der Waals surface area (Å²) in [5.74, 6) is -2.27. The van der Waals surface area contributed by atoms with Crippen LogP contribution in [-0.2, 0) is 35.8 Å². The van der Waals surface area contributed by atoms with Crippen LogP contribution < -0.4 is 5.32 Å².